The van der Waals surface area contributed by atoms with Crippen LogP contribution >= 0.6 is 0 Å². The smallest absolute Gasteiger partial charge is 0.320 e. The van der Waals surface area contributed by atoms with Crippen molar-refractivity contribution in [3.8, 4) is 0 Å². The minimum absolute atomic E-state index is 0.0232. The van der Waals surface area contributed by atoms with Crippen LogP contribution in [-0.4, -0.2) is 73.6 Å². The van der Waals surface area contributed by atoms with Crippen molar-refractivity contribution in [1.82, 2.24) is 10.6 Å². The minimum Gasteiger partial charge on any atom is -0.481 e. The number of carboxylic acid groups (broad SMARTS) is 2. The van der Waals surface area contributed by atoms with Crippen molar-refractivity contribution in [2.24, 2.45) is 5.73 Å². The zero-order valence-corrected chi connectivity index (χ0v) is 24.1. The van der Waals surface area contributed by atoms with E-state index in [4.69, 9.17) is 25.4 Å². The van der Waals surface area contributed by atoms with E-state index >= 15 is 0 Å². The summed E-state index contributed by atoms with van der Waals surface area (Å²) in [7, 11) is 0. The first-order valence-electron chi connectivity index (χ1n) is 14.9. The van der Waals surface area contributed by atoms with Crippen molar-refractivity contribution in [3.63, 3.8) is 0 Å². The first kappa shape index (κ1) is 36.8. The molecule has 10 heteroatoms. The molecular formula is C29H55N3O7. The number of unbranched alkanes of at least 4 members (excludes halogenated alkanes) is 12. The Balaban J connectivity index is 3.30. The van der Waals surface area contributed by atoms with Gasteiger partial charge in [0.1, 0.15) is 12.6 Å². The zero-order chi connectivity index (χ0) is 29.0. The van der Waals surface area contributed by atoms with Crippen LogP contribution in [0.4, 0.5) is 0 Å². The molecule has 0 saturated heterocycles. The van der Waals surface area contributed by atoms with Gasteiger partial charge >= 0.3 is 11.9 Å². The third-order valence-corrected chi connectivity index (χ3v) is 6.43. The summed E-state index contributed by atoms with van der Waals surface area (Å²) in [4.78, 5) is 32.8. The molecule has 0 aliphatic rings. The molecule has 0 aliphatic carbocycles. The fraction of sp³-hybridized carbons (Fsp3) is 0.828. The molecule has 228 valence electrons. The average molecular weight is 558 g/mol. The monoisotopic (exact) mass is 557 g/mol. The van der Waals surface area contributed by atoms with Gasteiger partial charge in [-0.25, -0.2) is 0 Å². The summed E-state index contributed by atoms with van der Waals surface area (Å²) < 4.78 is 10.8. The van der Waals surface area contributed by atoms with E-state index in [0.29, 0.717) is 58.6 Å². The highest BCUT2D eigenvalue weighted by atomic mass is 16.5. The van der Waals surface area contributed by atoms with Crippen molar-refractivity contribution < 1.29 is 34.1 Å². The molecule has 0 unspecified atom stereocenters. The molecule has 0 fully saturated rings. The summed E-state index contributed by atoms with van der Waals surface area (Å²) in [5, 5.41) is 23.3. The molecule has 0 rings (SSSR count). The number of rotatable bonds is 30. The topological polar surface area (TPSA) is 160 Å². The molecule has 0 bridgehead atoms. The molecule has 0 saturated carbocycles. The second kappa shape index (κ2) is 27.4. The summed E-state index contributed by atoms with van der Waals surface area (Å²) >= 11 is 0. The number of nitrogens with two attached hydrogens (primary N) is 1. The van der Waals surface area contributed by atoms with Gasteiger partial charge in [-0.3, -0.25) is 14.4 Å². The van der Waals surface area contributed by atoms with Gasteiger partial charge in [-0.1, -0.05) is 70.8 Å². The summed E-state index contributed by atoms with van der Waals surface area (Å²) in [6.45, 7) is 6.54. The Morgan fingerprint density at radius 3 is 1.77 bits per heavy atom. The van der Waals surface area contributed by atoms with Crippen LogP contribution in [0, 0.1) is 0 Å². The van der Waals surface area contributed by atoms with Gasteiger partial charge in [0, 0.05) is 25.2 Å². The third-order valence-electron chi connectivity index (χ3n) is 6.43. The van der Waals surface area contributed by atoms with E-state index in [9.17, 15) is 14.4 Å². The normalized spacial score (nSPS) is 11.7. The van der Waals surface area contributed by atoms with E-state index in [0.717, 1.165) is 37.8 Å². The van der Waals surface area contributed by atoms with Crippen LogP contribution in [0.1, 0.15) is 109 Å². The molecule has 6 N–H and O–H groups in total. The van der Waals surface area contributed by atoms with E-state index < -0.39 is 18.0 Å². The van der Waals surface area contributed by atoms with Crippen LogP contribution in [0.25, 0.3) is 0 Å². The summed E-state index contributed by atoms with van der Waals surface area (Å²) in [6.07, 6.45) is 17.3. The molecule has 0 heterocycles. The minimum atomic E-state index is -1.00. The molecule has 0 aromatic carbocycles. The highest BCUT2D eigenvalue weighted by Crippen LogP contribution is 2.13. The van der Waals surface area contributed by atoms with Gasteiger partial charge in [0.2, 0.25) is 5.91 Å². The van der Waals surface area contributed by atoms with Gasteiger partial charge in [0.05, 0.1) is 19.8 Å². The van der Waals surface area contributed by atoms with E-state index in [1.54, 1.807) is 0 Å². The first-order chi connectivity index (χ1) is 18.8. The molecule has 1 atom stereocenters. The SMILES string of the molecule is C=C(CCCCCCCCCCCCCCC(=O)O)NCCOCCOCC(=O)NCCCC[C@H](N)C(=O)O. The van der Waals surface area contributed by atoms with E-state index in [1.807, 2.05) is 0 Å². The van der Waals surface area contributed by atoms with Gasteiger partial charge in [0.25, 0.3) is 0 Å². The molecule has 10 nitrogen and oxygen atoms in total. The van der Waals surface area contributed by atoms with Crippen LogP contribution in [-0.2, 0) is 23.9 Å². The number of carbonyl (C=O) groups is 3. The lowest BCUT2D eigenvalue weighted by atomic mass is 10.0. The van der Waals surface area contributed by atoms with E-state index in [1.165, 1.54) is 51.4 Å². The number of hydrogen-bond acceptors (Lipinski definition) is 7. The van der Waals surface area contributed by atoms with Crippen molar-refractivity contribution in [2.75, 3.05) is 39.5 Å². The lowest BCUT2D eigenvalue weighted by molar-refractivity contribution is -0.139. The number of amides is 1. The molecular weight excluding hydrogens is 502 g/mol. The van der Waals surface area contributed by atoms with Crippen LogP contribution in [0.2, 0.25) is 0 Å². The highest BCUT2D eigenvalue weighted by molar-refractivity contribution is 5.77. The van der Waals surface area contributed by atoms with E-state index in [2.05, 4.69) is 17.2 Å². The maximum Gasteiger partial charge on any atom is 0.320 e. The number of carboxylic acids is 2. The number of ether oxygens (including phenoxy) is 2. The quantitative estimate of drug-likeness (QED) is 0.0808. The Morgan fingerprint density at radius 2 is 1.21 bits per heavy atom. The fourth-order valence-corrected chi connectivity index (χ4v) is 4.05. The number of hydrogen-bond donors (Lipinski definition) is 5. The highest BCUT2D eigenvalue weighted by Gasteiger charge is 2.10. The Labute approximate surface area is 235 Å². The number of carbonyl (C=O) groups excluding carboxylic acids is 1. The molecule has 0 aliphatic heterocycles. The first-order valence-corrected chi connectivity index (χ1v) is 14.9. The second-order valence-electron chi connectivity index (χ2n) is 10.1. The Bertz CT molecular complexity index is 646. The van der Waals surface area contributed by atoms with Crippen molar-refractivity contribution in [1.29, 1.82) is 0 Å². The Morgan fingerprint density at radius 1 is 0.667 bits per heavy atom. The lowest BCUT2D eigenvalue weighted by Gasteiger charge is -2.10. The predicted molar refractivity (Wildman–Crippen MR) is 154 cm³/mol. The van der Waals surface area contributed by atoms with Gasteiger partial charge in [0.15, 0.2) is 0 Å². The van der Waals surface area contributed by atoms with Crippen LogP contribution in [0.5, 0.6) is 0 Å². The lowest BCUT2D eigenvalue weighted by Crippen LogP contribution is -2.31. The molecule has 0 radical (unpaired) electrons. The molecule has 0 spiro atoms. The average Bonchev–Trinajstić information content (AvgIpc) is 2.89. The maximum atomic E-state index is 11.7. The van der Waals surface area contributed by atoms with E-state index in [-0.39, 0.29) is 12.5 Å². The summed E-state index contributed by atoms with van der Waals surface area (Å²) in [5.41, 5.74) is 6.47. The van der Waals surface area contributed by atoms with Gasteiger partial charge in [-0.2, -0.15) is 0 Å². The van der Waals surface area contributed by atoms with Crippen molar-refractivity contribution in [2.45, 2.75) is 115 Å². The molecule has 39 heavy (non-hydrogen) atoms. The summed E-state index contributed by atoms with van der Waals surface area (Å²) in [6, 6.07) is -0.846. The standard InChI is InChI=1S/C29H55N3O7/c1-25(16-12-10-8-6-4-2-3-5-7-9-11-13-18-28(34)35)31-20-21-38-22-23-39-24-27(33)32-19-15-14-17-26(30)29(36)37/h26,31H,1-24,30H2,(H,32,33)(H,34,35)(H,36,37)/t26-/m0/s1. The number of nitrogens with one attached hydrogen (secondary N) is 2. The molecule has 0 aromatic heterocycles. The third kappa shape index (κ3) is 28.7. The number of aliphatic carboxylic acids is 2. The van der Waals surface area contributed by atoms with Crippen molar-refractivity contribution >= 4 is 17.8 Å². The van der Waals surface area contributed by atoms with Gasteiger partial charge < -0.3 is 36.1 Å². The zero-order valence-electron chi connectivity index (χ0n) is 24.1. The van der Waals surface area contributed by atoms with Crippen LogP contribution in [0.15, 0.2) is 12.3 Å². The second-order valence-corrected chi connectivity index (χ2v) is 10.1. The Hall–Kier alpha value is -2.17. The molecule has 1 amide bonds. The van der Waals surface area contributed by atoms with Crippen LogP contribution < -0.4 is 16.4 Å². The van der Waals surface area contributed by atoms with Gasteiger partial charge in [-0.15, -0.1) is 0 Å². The molecule has 0 aromatic rings. The van der Waals surface area contributed by atoms with Crippen LogP contribution in [0.3, 0.4) is 0 Å². The fourth-order valence-electron chi connectivity index (χ4n) is 4.05. The summed E-state index contributed by atoms with van der Waals surface area (Å²) in [5.74, 6) is -1.89. The predicted octanol–water partition coefficient (Wildman–Crippen LogP) is 4.37. The van der Waals surface area contributed by atoms with Gasteiger partial charge in [-0.05, 0) is 38.5 Å². The van der Waals surface area contributed by atoms with Crippen molar-refractivity contribution in [3.05, 3.63) is 12.3 Å². The Kier molecular flexibility index (Phi) is 25.9. The number of allylic oxidation sites excluding steroid dienone is 1. The maximum absolute atomic E-state index is 11.7. The largest absolute Gasteiger partial charge is 0.481 e.